The first kappa shape index (κ1) is 12.7. The molecule has 1 aliphatic heterocycles. The number of nitrogen functional groups attached to an aromatic ring is 1. The standard InChI is InChI=1S/C10H13N3O2.ClH/c11-9-3-1-2-8(12-9)10(14)13-4-6-15-7-5-13;/h1-3H,4-7H2,(H2,11,12);1H. The van der Waals surface area contributed by atoms with Crippen molar-refractivity contribution >= 4 is 24.1 Å². The first-order chi connectivity index (χ1) is 7.27. The lowest BCUT2D eigenvalue weighted by atomic mass is 10.3. The van der Waals surface area contributed by atoms with Gasteiger partial charge in [0.1, 0.15) is 11.5 Å². The predicted molar refractivity (Wildman–Crippen MR) is 62.6 cm³/mol. The molecule has 0 saturated carbocycles. The molecule has 6 heteroatoms. The molecule has 88 valence electrons. The molecular weight excluding hydrogens is 230 g/mol. The first-order valence-electron chi connectivity index (χ1n) is 4.87. The summed E-state index contributed by atoms with van der Waals surface area (Å²) in [6, 6.07) is 5.07. The van der Waals surface area contributed by atoms with Gasteiger partial charge in [0.05, 0.1) is 13.2 Å². The van der Waals surface area contributed by atoms with Gasteiger partial charge in [-0.05, 0) is 12.1 Å². The highest BCUT2D eigenvalue weighted by Gasteiger charge is 2.19. The first-order valence-corrected chi connectivity index (χ1v) is 4.87. The van der Waals surface area contributed by atoms with Crippen LogP contribution < -0.4 is 5.73 Å². The highest BCUT2D eigenvalue weighted by molar-refractivity contribution is 5.92. The van der Waals surface area contributed by atoms with Crippen LogP contribution in [0.4, 0.5) is 5.82 Å². The van der Waals surface area contributed by atoms with E-state index in [2.05, 4.69) is 4.98 Å². The topological polar surface area (TPSA) is 68.5 Å². The van der Waals surface area contributed by atoms with Crippen LogP contribution in [0.25, 0.3) is 0 Å². The van der Waals surface area contributed by atoms with Crippen LogP contribution in [0.2, 0.25) is 0 Å². The maximum Gasteiger partial charge on any atom is 0.272 e. The number of hydrogen-bond acceptors (Lipinski definition) is 4. The number of nitrogens with two attached hydrogens (primary N) is 1. The van der Waals surface area contributed by atoms with E-state index >= 15 is 0 Å². The molecule has 2 heterocycles. The fourth-order valence-electron chi connectivity index (χ4n) is 1.50. The average molecular weight is 244 g/mol. The maximum absolute atomic E-state index is 11.9. The number of carbonyl (C=O) groups excluding carboxylic acids is 1. The summed E-state index contributed by atoms with van der Waals surface area (Å²) in [6.45, 7) is 2.42. The monoisotopic (exact) mass is 243 g/mol. The smallest absolute Gasteiger partial charge is 0.272 e. The molecule has 1 aliphatic rings. The van der Waals surface area contributed by atoms with Crippen molar-refractivity contribution in [3.8, 4) is 0 Å². The van der Waals surface area contributed by atoms with E-state index in [4.69, 9.17) is 10.5 Å². The lowest BCUT2D eigenvalue weighted by Crippen LogP contribution is -2.41. The number of morpholine rings is 1. The van der Waals surface area contributed by atoms with Gasteiger partial charge in [-0.1, -0.05) is 6.07 Å². The Hall–Kier alpha value is -1.33. The minimum absolute atomic E-state index is 0. The molecule has 0 bridgehead atoms. The second kappa shape index (κ2) is 5.67. The van der Waals surface area contributed by atoms with Crippen molar-refractivity contribution < 1.29 is 9.53 Å². The quantitative estimate of drug-likeness (QED) is 0.783. The minimum Gasteiger partial charge on any atom is -0.384 e. The van der Waals surface area contributed by atoms with Crippen LogP contribution in [0.1, 0.15) is 10.5 Å². The minimum atomic E-state index is -0.0781. The van der Waals surface area contributed by atoms with E-state index in [9.17, 15) is 4.79 Å². The zero-order valence-corrected chi connectivity index (χ0v) is 9.57. The van der Waals surface area contributed by atoms with Crippen LogP contribution in [-0.4, -0.2) is 42.1 Å². The molecule has 0 spiro atoms. The van der Waals surface area contributed by atoms with Crippen molar-refractivity contribution in [3.05, 3.63) is 23.9 Å². The lowest BCUT2D eigenvalue weighted by molar-refractivity contribution is 0.0299. The summed E-state index contributed by atoms with van der Waals surface area (Å²) in [7, 11) is 0. The number of rotatable bonds is 1. The third kappa shape index (κ3) is 2.84. The van der Waals surface area contributed by atoms with Crippen LogP contribution in [0, 0.1) is 0 Å². The number of halogens is 1. The van der Waals surface area contributed by atoms with Gasteiger partial charge >= 0.3 is 0 Å². The summed E-state index contributed by atoms with van der Waals surface area (Å²) in [5, 5.41) is 0. The van der Waals surface area contributed by atoms with E-state index < -0.39 is 0 Å². The number of pyridine rings is 1. The number of nitrogens with zero attached hydrogens (tertiary/aromatic N) is 2. The van der Waals surface area contributed by atoms with E-state index in [1.165, 1.54) is 0 Å². The van der Waals surface area contributed by atoms with E-state index in [1.807, 2.05) is 0 Å². The fraction of sp³-hybridized carbons (Fsp3) is 0.400. The fourth-order valence-corrected chi connectivity index (χ4v) is 1.50. The van der Waals surface area contributed by atoms with Crippen molar-refractivity contribution in [1.29, 1.82) is 0 Å². The van der Waals surface area contributed by atoms with Gasteiger partial charge in [-0.25, -0.2) is 4.98 Å². The van der Waals surface area contributed by atoms with Crippen molar-refractivity contribution in [3.63, 3.8) is 0 Å². The Kier molecular flexibility index (Phi) is 4.52. The van der Waals surface area contributed by atoms with Gasteiger partial charge < -0.3 is 15.4 Å². The zero-order chi connectivity index (χ0) is 10.7. The molecule has 2 N–H and O–H groups in total. The van der Waals surface area contributed by atoms with Crippen LogP contribution in [0.15, 0.2) is 18.2 Å². The molecule has 0 aliphatic carbocycles. The average Bonchev–Trinajstić information content (AvgIpc) is 2.29. The van der Waals surface area contributed by atoms with Crippen LogP contribution >= 0.6 is 12.4 Å². The third-order valence-corrected chi connectivity index (χ3v) is 2.29. The maximum atomic E-state index is 11.9. The highest BCUT2D eigenvalue weighted by Crippen LogP contribution is 2.06. The Balaban J connectivity index is 0.00000128. The number of amides is 1. The molecular formula is C10H14ClN3O2. The van der Waals surface area contributed by atoms with Crippen molar-refractivity contribution in [2.75, 3.05) is 32.0 Å². The summed E-state index contributed by atoms with van der Waals surface area (Å²) in [5.74, 6) is 0.291. The Labute approximate surface area is 100.0 Å². The third-order valence-electron chi connectivity index (χ3n) is 2.29. The van der Waals surface area contributed by atoms with Crippen molar-refractivity contribution in [2.45, 2.75) is 0 Å². The summed E-state index contributed by atoms with van der Waals surface area (Å²) >= 11 is 0. The Morgan fingerprint density at radius 1 is 1.38 bits per heavy atom. The van der Waals surface area contributed by atoms with E-state index in [0.717, 1.165) is 0 Å². The van der Waals surface area contributed by atoms with Gasteiger partial charge in [0.25, 0.3) is 5.91 Å². The van der Waals surface area contributed by atoms with Gasteiger partial charge in [-0.2, -0.15) is 0 Å². The van der Waals surface area contributed by atoms with E-state index in [-0.39, 0.29) is 18.3 Å². The molecule has 1 aromatic rings. The second-order valence-electron chi connectivity index (χ2n) is 3.35. The van der Waals surface area contributed by atoms with E-state index in [1.54, 1.807) is 23.1 Å². The normalized spacial score (nSPS) is 15.4. The highest BCUT2D eigenvalue weighted by atomic mass is 35.5. The SMILES string of the molecule is Cl.Nc1cccc(C(=O)N2CCOCC2)n1. The van der Waals surface area contributed by atoms with Gasteiger partial charge in [0.15, 0.2) is 0 Å². The van der Waals surface area contributed by atoms with Crippen molar-refractivity contribution in [1.82, 2.24) is 9.88 Å². The Morgan fingerprint density at radius 3 is 2.69 bits per heavy atom. The lowest BCUT2D eigenvalue weighted by Gasteiger charge is -2.26. The summed E-state index contributed by atoms with van der Waals surface area (Å²) < 4.78 is 5.17. The predicted octanol–water partition coefficient (Wildman–Crippen LogP) is 0.558. The molecule has 0 radical (unpaired) electrons. The molecule has 0 aromatic carbocycles. The molecule has 16 heavy (non-hydrogen) atoms. The van der Waals surface area contributed by atoms with Gasteiger partial charge in [-0.3, -0.25) is 4.79 Å². The van der Waals surface area contributed by atoms with Crippen LogP contribution in [0.5, 0.6) is 0 Å². The molecule has 1 fully saturated rings. The molecule has 1 amide bonds. The van der Waals surface area contributed by atoms with Crippen LogP contribution in [-0.2, 0) is 4.74 Å². The molecule has 1 aromatic heterocycles. The molecule has 5 nitrogen and oxygen atoms in total. The Bertz CT molecular complexity index is 367. The van der Waals surface area contributed by atoms with Crippen LogP contribution in [0.3, 0.4) is 0 Å². The molecule has 0 unspecified atom stereocenters. The van der Waals surface area contributed by atoms with Gasteiger partial charge in [0.2, 0.25) is 0 Å². The summed E-state index contributed by atoms with van der Waals surface area (Å²) in [5.41, 5.74) is 5.92. The van der Waals surface area contributed by atoms with Gasteiger partial charge in [-0.15, -0.1) is 12.4 Å². The molecule has 0 atom stereocenters. The summed E-state index contributed by atoms with van der Waals surface area (Å²) in [4.78, 5) is 17.6. The largest absolute Gasteiger partial charge is 0.384 e. The number of hydrogen-bond donors (Lipinski definition) is 1. The second-order valence-corrected chi connectivity index (χ2v) is 3.35. The van der Waals surface area contributed by atoms with Crippen molar-refractivity contribution in [2.24, 2.45) is 0 Å². The summed E-state index contributed by atoms with van der Waals surface area (Å²) in [6.07, 6.45) is 0. The number of anilines is 1. The Morgan fingerprint density at radius 2 is 2.06 bits per heavy atom. The zero-order valence-electron chi connectivity index (χ0n) is 8.76. The number of aromatic nitrogens is 1. The molecule has 2 rings (SSSR count). The molecule has 1 saturated heterocycles. The van der Waals surface area contributed by atoms with Gasteiger partial charge in [0, 0.05) is 13.1 Å². The van der Waals surface area contributed by atoms with E-state index in [0.29, 0.717) is 37.8 Å². The number of carbonyl (C=O) groups is 1. The number of ether oxygens (including phenoxy) is 1.